The number of carbonyl (C=O) groups excluding carboxylic acids is 1. The van der Waals surface area contributed by atoms with Crippen LogP contribution in [0.3, 0.4) is 0 Å². The summed E-state index contributed by atoms with van der Waals surface area (Å²) in [5, 5.41) is 3.44. The molecular weight excluding hydrogens is 210 g/mol. The second kappa shape index (κ2) is 4.72. The summed E-state index contributed by atoms with van der Waals surface area (Å²) in [6, 6.07) is 0. The molecule has 0 fully saturated rings. The fraction of sp³-hybridized carbons (Fsp3) is 0.600. The molecule has 0 aromatic carbocycles. The van der Waals surface area contributed by atoms with Crippen LogP contribution in [-0.4, -0.2) is 17.4 Å². The lowest BCUT2D eigenvalue weighted by molar-refractivity contribution is -0.124. The van der Waals surface area contributed by atoms with Crippen LogP contribution in [0.2, 0.25) is 0 Å². The van der Waals surface area contributed by atoms with E-state index in [1.807, 2.05) is 20.8 Å². The van der Waals surface area contributed by atoms with Crippen LogP contribution in [0, 0.1) is 12.3 Å². The van der Waals surface area contributed by atoms with Crippen molar-refractivity contribution in [3.05, 3.63) is 11.1 Å². The van der Waals surface area contributed by atoms with Crippen LogP contribution in [0.25, 0.3) is 0 Å². The highest BCUT2D eigenvalue weighted by Gasteiger charge is 2.30. The van der Waals surface area contributed by atoms with Crippen LogP contribution in [0.5, 0.6) is 0 Å². The number of aromatic nitrogens is 1. The standard InChI is InChI=1S/C10H17N3OS/c1-4-10(3,6-11)8(14)13-9-12-5-7(2)15-9/h5H,4,6,11H2,1-3H3,(H,12,13,14). The van der Waals surface area contributed by atoms with Gasteiger partial charge >= 0.3 is 0 Å². The largest absolute Gasteiger partial charge is 0.329 e. The molecule has 0 aliphatic heterocycles. The van der Waals surface area contributed by atoms with Gasteiger partial charge in [-0.2, -0.15) is 0 Å². The third-order valence-corrected chi connectivity index (χ3v) is 3.45. The number of aryl methyl sites for hydroxylation is 1. The number of thiazole rings is 1. The van der Waals surface area contributed by atoms with E-state index in [4.69, 9.17) is 5.73 Å². The molecule has 84 valence electrons. The summed E-state index contributed by atoms with van der Waals surface area (Å²) < 4.78 is 0. The molecule has 0 aliphatic rings. The van der Waals surface area contributed by atoms with E-state index < -0.39 is 5.41 Å². The predicted molar refractivity (Wildman–Crippen MR) is 62.9 cm³/mol. The smallest absolute Gasteiger partial charge is 0.233 e. The lowest BCUT2D eigenvalue weighted by atomic mass is 9.87. The number of hydrogen-bond donors (Lipinski definition) is 2. The summed E-state index contributed by atoms with van der Waals surface area (Å²) >= 11 is 1.47. The first-order valence-electron chi connectivity index (χ1n) is 4.96. The Labute approximate surface area is 93.9 Å². The highest BCUT2D eigenvalue weighted by molar-refractivity contribution is 7.15. The topological polar surface area (TPSA) is 68.0 Å². The van der Waals surface area contributed by atoms with Crippen molar-refractivity contribution in [1.82, 2.24) is 4.98 Å². The molecule has 0 spiro atoms. The zero-order valence-corrected chi connectivity index (χ0v) is 10.1. The first kappa shape index (κ1) is 12.1. The van der Waals surface area contributed by atoms with E-state index in [1.165, 1.54) is 11.3 Å². The van der Waals surface area contributed by atoms with Crippen LogP contribution in [0.4, 0.5) is 5.13 Å². The van der Waals surface area contributed by atoms with E-state index in [9.17, 15) is 4.79 Å². The highest BCUT2D eigenvalue weighted by atomic mass is 32.1. The summed E-state index contributed by atoms with van der Waals surface area (Å²) in [7, 11) is 0. The summed E-state index contributed by atoms with van der Waals surface area (Å²) in [6.45, 7) is 6.12. The number of hydrogen-bond acceptors (Lipinski definition) is 4. The van der Waals surface area contributed by atoms with Crippen molar-refractivity contribution in [3.8, 4) is 0 Å². The fourth-order valence-electron chi connectivity index (χ4n) is 1.06. The van der Waals surface area contributed by atoms with Gasteiger partial charge in [-0.1, -0.05) is 6.92 Å². The van der Waals surface area contributed by atoms with Gasteiger partial charge in [0.05, 0.1) is 5.41 Å². The molecule has 0 aliphatic carbocycles. The Morgan fingerprint density at radius 3 is 2.80 bits per heavy atom. The highest BCUT2D eigenvalue weighted by Crippen LogP contribution is 2.23. The number of nitrogens with two attached hydrogens (primary N) is 1. The van der Waals surface area contributed by atoms with Crippen molar-refractivity contribution in [3.63, 3.8) is 0 Å². The number of anilines is 1. The normalized spacial score (nSPS) is 14.7. The molecule has 1 heterocycles. The van der Waals surface area contributed by atoms with E-state index in [-0.39, 0.29) is 5.91 Å². The van der Waals surface area contributed by atoms with E-state index >= 15 is 0 Å². The minimum absolute atomic E-state index is 0.0538. The Balaban J connectivity index is 2.70. The molecule has 0 saturated heterocycles. The number of nitrogens with one attached hydrogen (secondary N) is 1. The van der Waals surface area contributed by atoms with E-state index in [0.29, 0.717) is 11.7 Å². The maximum Gasteiger partial charge on any atom is 0.233 e. The summed E-state index contributed by atoms with van der Waals surface area (Å²) in [5.41, 5.74) is 5.10. The van der Waals surface area contributed by atoms with Crippen molar-refractivity contribution in [2.45, 2.75) is 27.2 Å². The van der Waals surface area contributed by atoms with E-state index in [2.05, 4.69) is 10.3 Å². The minimum atomic E-state index is -0.500. The molecule has 4 nitrogen and oxygen atoms in total. The zero-order chi connectivity index (χ0) is 11.5. The number of amides is 1. The first-order chi connectivity index (χ1) is 7.01. The molecule has 1 aromatic rings. The van der Waals surface area contributed by atoms with Crippen molar-refractivity contribution in [1.29, 1.82) is 0 Å². The van der Waals surface area contributed by atoms with Crippen molar-refractivity contribution in [2.75, 3.05) is 11.9 Å². The van der Waals surface area contributed by atoms with Gasteiger partial charge in [-0.15, -0.1) is 11.3 Å². The Bertz CT molecular complexity index is 344. The first-order valence-corrected chi connectivity index (χ1v) is 5.77. The Morgan fingerprint density at radius 1 is 1.73 bits per heavy atom. The van der Waals surface area contributed by atoms with Gasteiger partial charge in [0, 0.05) is 17.6 Å². The Hall–Kier alpha value is -0.940. The predicted octanol–water partition coefficient (Wildman–Crippen LogP) is 1.77. The van der Waals surface area contributed by atoms with Crippen LogP contribution in [0.1, 0.15) is 25.1 Å². The summed E-state index contributed by atoms with van der Waals surface area (Å²) in [5.74, 6) is -0.0538. The van der Waals surface area contributed by atoms with Crippen LogP contribution < -0.4 is 11.1 Å². The van der Waals surface area contributed by atoms with Gasteiger partial charge < -0.3 is 11.1 Å². The lowest BCUT2D eigenvalue weighted by Gasteiger charge is -2.24. The molecule has 15 heavy (non-hydrogen) atoms. The van der Waals surface area contributed by atoms with Crippen molar-refractivity contribution in [2.24, 2.45) is 11.1 Å². The number of rotatable bonds is 4. The summed E-state index contributed by atoms with van der Waals surface area (Å²) in [6.07, 6.45) is 2.46. The van der Waals surface area contributed by atoms with Crippen molar-refractivity contribution >= 4 is 22.4 Å². The van der Waals surface area contributed by atoms with Gasteiger partial charge in [-0.25, -0.2) is 4.98 Å². The zero-order valence-electron chi connectivity index (χ0n) is 9.33. The molecule has 0 bridgehead atoms. The van der Waals surface area contributed by atoms with E-state index in [1.54, 1.807) is 6.20 Å². The van der Waals surface area contributed by atoms with Crippen molar-refractivity contribution < 1.29 is 4.79 Å². The quantitative estimate of drug-likeness (QED) is 0.823. The van der Waals surface area contributed by atoms with Crippen LogP contribution in [0.15, 0.2) is 6.20 Å². The average Bonchev–Trinajstić information content (AvgIpc) is 2.62. The molecule has 1 amide bonds. The second-order valence-electron chi connectivity index (χ2n) is 3.85. The van der Waals surface area contributed by atoms with Gasteiger partial charge in [-0.3, -0.25) is 4.79 Å². The molecule has 0 radical (unpaired) electrons. The molecule has 1 unspecified atom stereocenters. The Morgan fingerprint density at radius 2 is 2.40 bits per heavy atom. The third kappa shape index (κ3) is 2.76. The third-order valence-electron chi connectivity index (χ3n) is 2.62. The monoisotopic (exact) mass is 227 g/mol. The van der Waals surface area contributed by atoms with Crippen LogP contribution in [-0.2, 0) is 4.79 Å². The Kier molecular flexibility index (Phi) is 3.82. The minimum Gasteiger partial charge on any atom is -0.329 e. The van der Waals surface area contributed by atoms with Gasteiger partial charge in [0.25, 0.3) is 0 Å². The van der Waals surface area contributed by atoms with E-state index in [0.717, 1.165) is 11.3 Å². The maximum atomic E-state index is 11.9. The number of carbonyl (C=O) groups is 1. The molecular formula is C10H17N3OS. The van der Waals surface area contributed by atoms with Crippen LogP contribution >= 0.6 is 11.3 Å². The van der Waals surface area contributed by atoms with Gasteiger partial charge in [-0.05, 0) is 20.3 Å². The van der Waals surface area contributed by atoms with Gasteiger partial charge in [0.2, 0.25) is 5.91 Å². The van der Waals surface area contributed by atoms with Gasteiger partial charge in [0.15, 0.2) is 5.13 Å². The average molecular weight is 227 g/mol. The lowest BCUT2D eigenvalue weighted by Crippen LogP contribution is -2.39. The molecule has 0 saturated carbocycles. The second-order valence-corrected chi connectivity index (χ2v) is 5.08. The fourth-order valence-corrected chi connectivity index (χ4v) is 1.72. The molecule has 1 rings (SSSR count). The summed E-state index contributed by atoms with van der Waals surface area (Å²) in [4.78, 5) is 17.0. The molecule has 3 N–H and O–H groups in total. The molecule has 1 aromatic heterocycles. The SMILES string of the molecule is CCC(C)(CN)C(=O)Nc1ncc(C)s1. The number of nitrogens with zero attached hydrogens (tertiary/aromatic N) is 1. The molecule has 1 atom stereocenters. The molecule has 5 heteroatoms. The van der Waals surface area contributed by atoms with Gasteiger partial charge in [0.1, 0.15) is 0 Å². The maximum absolute atomic E-state index is 11.9.